The van der Waals surface area contributed by atoms with Crippen molar-refractivity contribution >= 4 is 0 Å². The number of nitrogens with zero attached hydrogens (tertiary/aromatic N) is 1. The first kappa shape index (κ1) is 12.9. The maximum atomic E-state index is 5.98. The summed E-state index contributed by atoms with van der Waals surface area (Å²) in [6.45, 7) is 5.82. The van der Waals surface area contributed by atoms with E-state index in [1.807, 2.05) is 0 Å². The predicted molar refractivity (Wildman–Crippen MR) is 79.7 cm³/mol. The second kappa shape index (κ2) is 5.19. The van der Waals surface area contributed by atoms with Crippen molar-refractivity contribution in [1.82, 2.24) is 10.2 Å². The Balaban J connectivity index is 1.28. The van der Waals surface area contributed by atoms with Crippen molar-refractivity contribution < 1.29 is 4.42 Å². The molecular formula is C17H26N2O. The molecule has 1 saturated carbocycles. The van der Waals surface area contributed by atoms with Crippen LogP contribution in [0.4, 0.5) is 0 Å². The molecule has 4 unspecified atom stereocenters. The van der Waals surface area contributed by atoms with Crippen molar-refractivity contribution in [3.63, 3.8) is 0 Å². The number of nitrogens with one attached hydrogen (secondary N) is 1. The highest BCUT2D eigenvalue weighted by Gasteiger charge is 2.36. The van der Waals surface area contributed by atoms with E-state index in [4.69, 9.17) is 4.42 Å². The van der Waals surface area contributed by atoms with E-state index < -0.39 is 0 Å². The van der Waals surface area contributed by atoms with Gasteiger partial charge in [-0.15, -0.1) is 0 Å². The Morgan fingerprint density at radius 3 is 3.00 bits per heavy atom. The fraction of sp³-hybridized carbons (Fsp3) is 0.765. The molecule has 3 fully saturated rings. The highest BCUT2D eigenvalue weighted by molar-refractivity contribution is 5.17. The Bertz CT molecular complexity index is 469. The van der Waals surface area contributed by atoms with Gasteiger partial charge in [-0.3, -0.25) is 0 Å². The summed E-state index contributed by atoms with van der Waals surface area (Å²) >= 11 is 0. The molecule has 1 aromatic heterocycles. The standard InChI is InChI=1S/C17H26N2O/c1-12-9-16(12)17-5-4-15(20-17)11-18-13-6-8-19-7-2-3-14(19)10-13/h4-5,12-14,16,18H,2-3,6-11H2,1H3. The van der Waals surface area contributed by atoms with Crippen molar-refractivity contribution in [2.45, 2.75) is 63.6 Å². The second-order valence-corrected chi connectivity index (χ2v) is 7.06. The number of hydrogen-bond donors (Lipinski definition) is 1. The quantitative estimate of drug-likeness (QED) is 0.914. The Morgan fingerprint density at radius 1 is 1.25 bits per heavy atom. The average molecular weight is 274 g/mol. The van der Waals surface area contributed by atoms with Crippen molar-refractivity contribution in [2.75, 3.05) is 13.1 Å². The number of fused-ring (bicyclic) bond motifs is 1. The zero-order valence-corrected chi connectivity index (χ0v) is 12.5. The summed E-state index contributed by atoms with van der Waals surface area (Å²) in [7, 11) is 0. The van der Waals surface area contributed by atoms with Gasteiger partial charge in [0.1, 0.15) is 11.5 Å². The van der Waals surface area contributed by atoms with Gasteiger partial charge in [-0.25, -0.2) is 0 Å². The lowest BCUT2D eigenvalue weighted by Gasteiger charge is -2.35. The first-order valence-electron chi connectivity index (χ1n) is 8.35. The highest BCUT2D eigenvalue weighted by atomic mass is 16.3. The molecule has 0 radical (unpaired) electrons. The van der Waals surface area contributed by atoms with E-state index >= 15 is 0 Å². The molecule has 0 bridgehead atoms. The third kappa shape index (κ3) is 2.53. The van der Waals surface area contributed by atoms with Crippen LogP contribution in [0.2, 0.25) is 0 Å². The zero-order chi connectivity index (χ0) is 13.5. The van der Waals surface area contributed by atoms with Gasteiger partial charge in [-0.05, 0) is 63.2 Å². The number of furan rings is 1. The molecule has 20 heavy (non-hydrogen) atoms. The van der Waals surface area contributed by atoms with Crippen LogP contribution in [0, 0.1) is 5.92 Å². The van der Waals surface area contributed by atoms with Gasteiger partial charge in [0.05, 0.1) is 6.54 Å². The summed E-state index contributed by atoms with van der Waals surface area (Å²) in [4.78, 5) is 2.68. The van der Waals surface area contributed by atoms with Crippen LogP contribution in [-0.4, -0.2) is 30.1 Å². The molecule has 0 amide bonds. The SMILES string of the molecule is CC1CC1c1ccc(CNC2CCN3CCCC3C2)o1. The maximum absolute atomic E-state index is 5.98. The first-order chi connectivity index (χ1) is 9.79. The lowest BCUT2D eigenvalue weighted by Crippen LogP contribution is -2.45. The molecule has 4 rings (SSSR count). The van der Waals surface area contributed by atoms with Crippen molar-refractivity contribution in [1.29, 1.82) is 0 Å². The molecule has 2 aliphatic heterocycles. The number of piperidine rings is 1. The summed E-state index contributed by atoms with van der Waals surface area (Å²) in [6.07, 6.45) is 6.73. The Kier molecular flexibility index (Phi) is 3.35. The van der Waals surface area contributed by atoms with E-state index in [1.54, 1.807) is 0 Å². The summed E-state index contributed by atoms with van der Waals surface area (Å²) < 4.78 is 5.98. The van der Waals surface area contributed by atoms with Gasteiger partial charge in [0, 0.05) is 18.0 Å². The fourth-order valence-electron chi connectivity index (χ4n) is 4.06. The van der Waals surface area contributed by atoms with E-state index in [0.29, 0.717) is 12.0 Å². The van der Waals surface area contributed by atoms with Gasteiger partial charge in [0.15, 0.2) is 0 Å². The lowest BCUT2D eigenvalue weighted by molar-refractivity contribution is 0.165. The minimum atomic E-state index is 0.683. The lowest BCUT2D eigenvalue weighted by atomic mass is 9.97. The van der Waals surface area contributed by atoms with Gasteiger partial charge in [0.25, 0.3) is 0 Å². The van der Waals surface area contributed by atoms with Crippen LogP contribution in [0.25, 0.3) is 0 Å². The van der Waals surface area contributed by atoms with Gasteiger partial charge >= 0.3 is 0 Å². The molecule has 2 saturated heterocycles. The smallest absolute Gasteiger partial charge is 0.117 e. The predicted octanol–water partition coefficient (Wildman–Crippen LogP) is 3.12. The largest absolute Gasteiger partial charge is 0.464 e. The Labute approximate surface area is 121 Å². The van der Waals surface area contributed by atoms with Gasteiger partial charge in [-0.1, -0.05) is 6.92 Å². The van der Waals surface area contributed by atoms with Crippen molar-refractivity contribution in [3.8, 4) is 0 Å². The third-order valence-corrected chi connectivity index (χ3v) is 5.54. The minimum Gasteiger partial charge on any atom is -0.464 e. The molecule has 0 aromatic carbocycles. The van der Waals surface area contributed by atoms with Crippen LogP contribution in [0.3, 0.4) is 0 Å². The number of hydrogen-bond acceptors (Lipinski definition) is 3. The molecule has 4 atom stereocenters. The van der Waals surface area contributed by atoms with E-state index in [9.17, 15) is 0 Å². The molecule has 1 aliphatic carbocycles. The van der Waals surface area contributed by atoms with Gasteiger partial charge < -0.3 is 14.6 Å². The van der Waals surface area contributed by atoms with Crippen LogP contribution in [0.1, 0.15) is 56.5 Å². The van der Waals surface area contributed by atoms with E-state index in [1.165, 1.54) is 51.0 Å². The van der Waals surface area contributed by atoms with Crippen molar-refractivity contribution in [3.05, 3.63) is 23.7 Å². The minimum absolute atomic E-state index is 0.683. The molecule has 1 N–H and O–H groups in total. The summed E-state index contributed by atoms with van der Waals surface area (Å²) in [5.41, 5.74) is 0. The van der Waals surface area contributed by atoms with Crippen LogP contribution in [0.15, 0.2) is 16.5 Å². The van der Waals surface area contributed by atoms with E-state index in [0.717, 1.165) is 24.3 Å². The molecule has 0 spiro atoms. The monoisotopic (exact) mass is 274 g/mol. The van der Waals surface area contributed by atoms with Gasteiger partial charge in [-0.2, -0.15) is 0 Å². The average Bonchev–Trinajstić information content (AvgIpc) is 2.91. The van der Waals surface area contributed by atoms with E-state index in [2.05, 4.69) is 29.3 Å². The molecule has 3 heterocycles. The highest BCUT2D eigenvalue weighted by Crippen LogP contribution is 2.47. The topological polar surface area (TPSA) is 28.4 Å². The van der Waals surface area contributed by atoms with Crippen LogP contribution in [0.5, 0.6) is 0 Å². The summed E-state index contributed by atoms with van der Waals surface area (Å²) in [5.74, 6) is 3.85. The maximum Gasteiger partial charge on any atom is 0.117 e. The number of rotatable bonds is 4. The normalized spacial score (nSPS) is 37.0. The molecule has 110 valence electrons. The molecular weight excluding hydrogens is 248 g/mol. The van der Waals surface area contributed by atoms with Crippen LogP contribution >= 0.6 is 0 Å². The zero-order valence-electron chi connectivity index (χ0n) is 12.5. The first-order valence-corrected chi connectivity index (χ1v) is 8.35. The fourth-order valence-corrected chi connectivity index (χ4v) is 4.06. The van der Waals surface area contributed by atoms with Crippen molar-refractivity contribution in [2.24, 2.45) is 5.92 Å². The van der Waals surface area contributed by atoms with Gasteiger partial charge in [0.2, 0.25) is 0 Å². The molecule has 3 nitrogen and oxygen atoms in total. The Morgan fingerprint density at radius 2 is 2.15 bits per heavy atom. The summed E-state index contributed by atoms with van der Waals surface area (Å²) in [5, 5.41) is 3.71. The summed E-state index contributed by atoms with van der Waals surface area (Å²) in [6, 6.07) is 5.88. The third-order valence-electron chi connectivity index (χ3n) is 5.54. The Hall–Kier alpha value is -0.800. The molecule has 3 heteroatoms. The van der Waals surface area contributed by atoms with Crippen LogP contribution < -0.4 is 5.32 Å². The molecule has 3 aliphatic rings. The van der Waals surface area contributed by atoms with E-state index in [-0.39, 0.29) is 0 Å². The second-order valence-electron chi connectivity index (χ2n) is 7.06. The molecule has 1 aromatic rings. The van der Waals surface area contributed by atoms with Crippen LogP contribution in [-0.2, 0) is 6.54 Å².